The number of aryl methyl sites for hydroxylation is 3. The van der Waals surface area contributed by atoms with Crippen LogP contribution in [0.5, 0.6) is 0 Å². The van der Waals surface area contributed by atoms with E-state index < -0.39 is 0 Å². The molecule has 1 aliphatic heterocycles. The van der Waals surface area contributed by atoms with Gasteiger partial charge in [0.15, 0.2) is 0 Å². The first-order chi connectivity index (χ1) is 12.8. The number of amides is 1. The van der Waals surface area contributed by atoms with Gasteiger partial charge in [-0.2, -0.15) is 0 Å². The first-order valence-corrected chi connectivity index (χ1v) is 9.32. The predicted octanol–water partition coefficient (Wildman–Crippen LogP) is 1.74. The molecule has 0 spiro atoms. The predicted molar refractivity (Wildman–Crippen MR) is 104 cm³/mol. The highest BCUT2D eigenvalue weighted by Crippen LogP contribution is 2.20. The van der Waals surface area contributed by atoms with Crippen molar-refractivity contribution in [1.82, 2.24) is 20.0 Å². The SMILES string of the molecule is Cc1nc(N(C)C)cc(N2CCN(C(=O)CCc3c(C)noc3C)CC2)n1. The molecular weight excluding hydrogens is 344 g/mol. The van der Waals surface area contributed by atoms with Crippen LogP contribution < -0.4 is 9.80 Å². The summed E-state index contributed by atoms with van der Waals surface area (Å²) in [6.07, 6.45) is 1.16. The number of hydrogen-bond acceptors (Lipinski definition) is 7. The average molecular weight is 372 g/mol. The van der Waals surface area contributed by atoms with E-state index in [0.717, 1.165) is 47.6 Å². The molecule has 0 saturated carbocycles. The number of anilines is 2. The molecule has 1 fully saturated rings. The number of nitrogens with zero attached hydrogens (tertiary/aromatic N) is 6. The quantitative estimate of drug-likeness (QED) is 0.791. The van der Waals surface area contributed by atoms with Gasteiger partial charge < -0.3 is 19.2 Å². The first kappa shape index (κ1) is 19.1. The lowest BCUT2D eigenvalue weighted by Crippen LogP contribution is -2.49. The summed E-state index contributed by atoms with van der Waals surface area (Å²) in [6, 6.07) is 2.00. The van der Waals surface area contributed by atoms with E-state index >= 15 is 0 Å². The minimum Gasteiger partial charge on any atom is -0.363 e. The van der Waals surface area contributed by atoms with Gasteiger partial charge in [-0.3, -0.25) is 4.79 Å². The van der Waals surface area contributed by atoms with Crippen LogP contribution in [-0.2, 0) is 11.2 Å². The Balaban J connectivity index is 1.56. The van der Waals surface area contributed by atoms with Crippen molar-refractivity contribution < 1.29 is 9.32 Å². The normalized spacial score (nSPS) is 14.6. The third-order valence-corrected chi connectivity index (χ3v) is 5.00. The molecule has 1 aliphatic rings. The molecular formula is C19H28N6O2. The second-order valence-electron chi connectivity index (χ2n) is 7.20. The van der Waals surface area contributed by atoms with Crippen molar-refractivity contribution >= 4 is 17.5 Å². The highest BCUT2D eigenvalue weighted by Gasteiger charge is 2.23. The van der Waals surface area contributed by atoms with E-state index in [2.05, 4.69) is 20.0 Å². The number of hydrogen-bond donors (Lipinski definition) is 0. The second-order valence-corrected chi connectivity index (χ2v) is 7.20. The number of rotatable bonds is 5. The van der Waals surface area contributed by atoms with Crippen LogP contribution in [0.3, 0.4) is 0 Å². The number of carbonyl (C=O) groups is 1. The van der Waals surface area contributed by atoms with Crippen molar-refractivity contribution in [1.29, 1.82) is 0 Å². The number of carbonyl (C=O) groups excluding carboxylic acids is 1. The summed E-state index contributed by atoms with van der Waals surface area (Å²) in [7, 11) is 3.95. The number of aromatic nitrogens is 3. The van der Waals surface area contributed by atoms with Gasteiger partial charge in [0, 0.05) is 58.3 Å². The summed E-state index contributed by atoms with van der Waals surface area (Å²) in [5, 5.41) is 3.95. The summed E-state index contributed by atoms with van der Waals surface area (Å²) >= 11 is 0. The molecule has 0 unspecified atom stereocenters. The molecule has 27 heavy (non-hydrogen) atoms. The van der Waals surface area contributed by atoms with E-state index in [9.17, 15) is 4.79 Å². The molecule has 0 atom stereocenters. The molecule has 0 bridgehead atoms. The molecule has 8 nitrogen and oxygen atoms in total. The molecule has 1 saturated heterocycles. The summed E-state index contributed by atoms with van der Waals surface area (Å²) in [5.74, 6) is 3.57. The highest BCUT2D eigenvalue weighted by molar-refractivity contribution is 5.76. The molecule has 0 radical (unpaired) electrons. The smallest absolute Gasteiger partial charge is 0.223 e. The molecule has 0 aromatic carbocycles. The maximum Gasteiger partial charge on any atom is 0.223 e. The molecule has 3 rings (SSSR count). The van der Waals surface area contributed by atoms with Crippen molar-refractivity contribution in [3.63, 3.8) is 0 Å². The van der Waals surface area contributed by atoms with Crippen LogP contribution in [0.25, 0.3) is 0 Å². The van der Waals surface area contributed by atoms with Crippen LogP contribution in [0.4, 0.5) is 11.6 Å². The van der Waals surface area contributed by atoms with E-state index in [1.807, 2.05) is 50.7 Å². The average Bonchev–Trinajstić information content (AvgIpc) is 2.97. The third kappa shape index (κ3) is 4.37. The molecule has 0 N–H and O–H groups in total. The van der Waals surface area contributed by atoms with Crippen molar-refractivity contribution in [3.05, 3.63) is 28.9 Å². The minimum absolute atomic E-state index is 0.183. The molecule has 0 aliphatic carbocycles. The molecule has 146 valence electrons. The highest BCUT2D eigenvalue weighted by atomic mass is 16.5. The van der Waals surface area contributed by atoms with E-state index in [1.54, 1.807) is 0 Å². The van der Waals surface area contributed by atoms with E-state index in [4.69, 9.17) is 4.52 Å². The second kappa shape index (κ2) is 7.94. The van der Waals surface area contributed by atoms with Crippen LogP contribution in [0.15, 0.2) is 10.6 Å². The Labute approximate surface area is 160 Å². The Morgan fingerprint density at radius 2 is 1.85 bits per heavy atom. The van der Waals surface area contributed by atoms with Gasteiger partial charge in [0.1, 0.15) is 23.2 Å². The van der Waals surface area contributed by atoms with Gasteiger partial charge in [-0.05, 0) is 27.2 Å². The van der Waals surface area contributed by atoms with E-state index in [1.165, 1.54) is 0 Å². The Hall–Kier alpha value is -2.64. The third-order valence-electron chi connectivity index (χ3n) is 5.00. The largest absolute Gasteiger partial charge is 0.363 e. The summed E-state index contributed by atoms with van der Waals surface area (Å²) < 4.78 is 5.18. The Kier molecular flexibility index (Phi) is 5.62. The van der Waals surface area contributed by atoms with Crippen molar-refractivity contribution in [3.8, 4) is 0 Å². The fourth-order valence-corrected chi connectivity index (χ4v) is 3.36. The fourth-order valence-electron chi connectivity index (χ4n) is 3.36. The van der Waals surface area contributed by atoms with E-state index in [0.29, 0.717) is 25.9 Å². The summed E-state index contributed by atoms with van der Waals surface area (Å²) in [5.41, 5.74) is 1.93. The van der Waals surface area contributed by atoms with Crippen LogP contribution >= 0.6 is 0 Å². The standard InChI is InChI=1S/C19H28N6O2/c1-13-16(14(2)27-22-13)6-7-19(26)25-10-8-24(9-11-25)18-12-17(23(4)5)20-15(3)21-18/h12H,6-11H2,1-5H3. The topological polar surface area (TPSA) is 78.6 Å². The molecule has 2 aromatic rings. The zero-order valence-electron chi connectivity index (χ0n) is 16.8. The molecule has 3 heterocycles. The van der Waals surface area contributed by atoms with Crippen molar-refractivity contribution in [2.24, 2.45) is 0 Å². The molecule has 1 amide bonds. The van der Waals surface area contributed by atoms with Gasteiger partial charge in [-0.1, -0.05) is 5.16 Å². The maximum atomic E-state index is 12.6. The van der Waals surface area contributed by atoms with Crippen LogP contribution in [0.1, 0.15) is 29.3 Å². The monoisotopic (exact) mass is 372 g/mol. The number of piperazine rings is 1. The maximum absolute atomic E-state index is 12.6. The summed E-state index contributed by atoms with van der Waals surface area (Å²) in [4.78, 5) is 27.7. The van der Waals surface area contributed by atoms with Gasteiger partial charge in [0.25, 0.3) is 0 Å². The van der Waals surface area contributed by atoms with Crippen molar-refractivity contribution in [2.45, 2.75) is 33.6 Å². The Bertz CT molecular complexity index is 789. The molecule has 2 aromatic heterocycles. The van der Waals surface area contributed by atoms with Gasteiger partial charge in [0.05, 0.1) is 5.69 Å². The van der Waals surface area contributed by atoms with Crippen LogP contribution in [-0.4, -0.2) is 66.2 Å². The van der Waals surface area contributed by atoms with Crippen LogP contribution in [0, 0.1) is 20.8 Å². The fraction of sp³-hybridized carbons (Fsp3) is 0.579. The van der Waals surface area contributed by atoms with Gasteiger partial charge in [-0.25, -0.2) is 9.97 Å². The molecule has 8 heteroatoms. The minimum atomic E-state index is 0.183. The van der Waals surface area contributed by atoms with Gasteiger partial charge >= 0.3 is 0 Å². The lowest BCUT2D eigenvalue weighted by Gasteiger charge is -2.35. The van der Waals surface area contributed by atoms with Gasteiger partial charge in [-0.15, -0.1) is 0 Å². The van der Waals surface area contributed by atoms with Crippen LogP contribution in [0.2, 0.25) is 0 Å². The lowest BCUT2D eigenvalue weighted by molar-refractivity contribution is -0.131. The zero-order chi connectivity index (χ0) is 19.6. The van der Waals surface area contributed by atoms with Gasteiger partial charge in [0.2, 0.25) is 5.91 Å². The zero-order valence-corrected chi connectivity index (χ0v) is 16.8. The Morgan fingerprint density at radius 1 is 1.15 bits per heavy atom. The summed E-state index contributed by atoms with van der Waals surface area (Å²) in [6.45, 7) is 8.69. The van der Waals surface area contributed by atoms with E-state index in [-0.39, 0.29) is 5.91 Å². The first-order valence-electron chi connectivity index (χ1n) is 9.32. The Morgan fingerprint density at radius 3 is 2.44 bits per heavy atom. The lowest BCUT2D eigenvalue weighted by atomic mass is 10.1. The van der Waals surface area contributed by atoms with Crippen molar-refractivity contribution in [2.75, 3.05) is 50.1 Å².